The van der Waals surface area contributed by atoms with Gasteiger partial charge in [-0.15, -0.1) is 0 Å². The predicted molar refractivity (Wildman–Crippen MR) is 93.8 cm³/mol. The first-order chi connectivity index (χ1) is 11.5. The average molecular weight is 331 g/mol. The van der Waals surface area contributed by atoms with Crippen LogP contribution >= 0.6 is 0 Å². The van der Waals surface area contributed by atoms with E-state index in [1.165, 1.54) is 25.3 Å². The Kier molecular flexibility index (Phi) is 6.41. The van der Waals surface area contributed by atoms with Gasteiger partial charge in [0.05, 0.1) is 11.2 Å². The highest BCUT2D eigenvalue weighted by Crippen LogP contribution is 2.17. The second-order valence-electron chi connectivity index (χ2n) is 6.22. The summed E-state index contributed by atoms with van der Waals surface area (Å²) in [4.78, 5) is 23.0. The summed E-state index contributed by atoms with van der Waals surface area (Å²) in [5.41, 5.74) is 1.76. The lowest BCUT2D eigenvalue weighted by atomic mass is 10.0. The number of pyridine rings is 1. The molecule has 0 atom stereocenters. The molecule has 0 aliphatic heterocycles. The van der Waals surface area contributed by atoms with Crippen LogP contribution in [0.1, 0.15) is 56.7 Å². The van der Waals surface area contributed by atoms with Crippen LogP contribution in [-0.2, 0) is 17.6 Å². The second kappa shape index (κ2) is 8.52. The lowest BCUT2D eigenvalue weighted by Crippen LogP contribution is -2.13. The molecule has 0 saturated carbocycles. The van der Waals surface area contributed by atoms with Gasteiger partial charge < -0.3 is 10.3 Å². The Morgan fingerprint density at radius 2 is 1.83 bits per heavy atom. The lowest BCUT2D eigenvalue weighted by molar-refractivity contribution is -0.136. The van der Waals surface area contributed by atoms with E-state index >= 15 is 0 Å². The number of aliphatic carboxylic acids is 1. The standard InChI is InChI=1S/C19H25NO4/c1-2-3-4-5-6-7-15-13-18(21)16-12-14(9-11-19(22)23)8-10-17(16)20(15)24/h8,10,12-13,24H,2-7,9,11H2,1H3,(H,22,23). The van der Waals surface area contributed by atoms with Crippen molar-refractivity contribution in [3.05, 3.63) is 45.7 Å². The van der Waals surface area contributed by atoms with E-state index in [-0.39, 0.29) is 11.8 Å². The summed E-state index contributed by atoms with van der Waals surface area (Å²) >= 11 is 0. The molecule has 130 valence electrons. The molecule has 0 unspecified atom stereocenters. The molecule has 0 bridgehead atoms. The number of carbonyl (C=O) groups is 1. The molecule has 0 fully saturated rings. The van der Waals surface area contributed by atoms with Crippen LogP contribution in [0.4, 0.5) is 0 Å². The summed E-state index contributed by atoms with van der Waals surface area (Å²) in [5.74, 6) is -0.868. The normalized spacial score (nSPS) is 11.0. The van der Waals surface area contributed by atoms with E-state index < -0.39 is 5.97 Å². The summed E-state index contributed by atoms with van der Waals surface area (Å²) < 4.78 is 1.09. The number of rotatable bonds is 9. The van der Waals surface area contributed by atoms with Gasteiger partial charge in [0.25, 0.3) is 0 Å². The van der Waals surface area contributed by atoms with Gasteiger partial charge in [0.2, 0.25) is 0 Å². The van der Waals surface area contributed by atoms with Crippen molar-refractivity contribution >= 4 is 16.9 Å². The smallest absolute Gasteiger partial charge is 0.303 e. The van der Waals surface area contributed by atoms with Crippen molar-refractivity contribution in [3.8, 4) is 0 Å². The van der Waals surface area contributed by atoms with Gasteiger partial charge in [-0.1, -0.05) is 38.7 Å². The van der Waals surface area contributed by atoms with E-state index in [0.29, 0.717) is 29.4 Å². The van der Waals surface area contributed by atoms with E-state index in [0.717, 1.165) is 23.1 Å². The number of fused-ring (bicyclic) bond motifs is 1. The fraction of sp³-hybridized carbons (Fsp3) is 0.474. The largest absolute Gasteiger partial charge is 0.481 e. The van der Waals surface area contributed by atoms with Crippen LogP contribution in [0.5, 0.6) is 0 Å². The van der Waals surface area contributed by atoms with Gasteiger partial charge >= 0.3 is 5.97 Å². The first kappa shape index (κ1) is 18.0. The topological polar surface area (TPSA) is 79.5 Å². The van der Waals surface area contributed by atoms with Gasteiger partial charge in [-0.2, -0.15) is 4.73 Å². The van der Waals surface area contributed by atoms with Crippen LogP contribution in [-0.4, -0.2) is 21.0 Å². The van der Waals surface area contributed by atoms with Gasteiger partial charge in [-0.05, 0) is 37.0 Å². The van der Waals surface area contributed by atoms with Crippen molar-refractivity contribution in [3.63, 3.8) is 0 Å². The fourth-order valence-electron chi connectivity index (χ4n) is 2.90. The minimum absolute atomic E-state index is 0.0225. The van der Waals surface area contributed by atoms with Gasteiger partial charge in [0.1, 0.15) is 0 Å². The minimum atomic E-state index is -0.868. The summed E-state index contributed by atoms with van der Waals surface area (Å²) in [6.45, 7) is 2.17. The molecule has 2 rings (SSSR count). The predicted octanol–water partition coefficient (Wildman–Crippen LogP) is 3.77. The first-order valence-electron chi connectivity index (χ1n) is 8.61. The van der Waals surface area contributed by atoms with Crippen molar-refractivity contribution in [2.75, 3.05) is 0 Å². The number of hydrogen-bond donors (Lipinski definition) is 2. The highest BCUT2D eigenvalue weighted by Gasteiger charge is 2.10. The highest BCUT2D eigenvalue weighted by molar-refractivity contribution is 5.80. The molecule has 5 nitrogen and oxygen atoms in total. The highest BCUT2D eigenvalue weighted by atomic mass is 16.5. The number of unbranched alkanes of at least 4 members (excludes halogenated alkanes) is 4. The summed E-state index contributed by atoms with van der Waals surface area (Å²) in [7, 11) is 0. The van der Waals surface area contributed by atoms with Crippen molar-refractivity contribution in [2.45, 2.75) is 58.3 Å². The van der Waals surface area contributed by atoms with E-state index in [1.54, 1.807) is 18.2 Å². The Hall–Kier alpha value is -2.30. The van der Waals surface area contributed by atoms with E-state index in [4.69, 9.17) is 5.11 Å². The molecule has 0 spiro atoms. The quantitative estimate of drug-likeness (QED) is 0.541. The Morgan fingerprint density at radius 1 is 1.08 bits per heavy atom. The van der Waals surface area contributed by atoms with Gasteiger partial charge in [-0.3, -0.25) is 9.59 Å². The van der Waals surface area contributed by atoms with E-state index in [9.17, 15) is 14.8 Å². The zero-order chi connectivity index (χ0) is 17.5. The Balaban J connectivity index is 2.18. The molecule has 2 N–H and O–H groups in total. The molecule has 0 saturated heterocycles. The Bertz CT molecular complexity index is 764. The van der Waals surface area contributed by atoms with Crippen molar-refractivity contribution in [1.29, 1.82) is 0 Å². The Labute approximate surface area is 141 Å². The monoisotopic (exact) mass is 331 g/mol. The zero-order valence-corrected chi connectivity index (χ0v) is 14.1. The van der Waals surface area contributed by atoms with Crippen molar-refractivity contribution < 1.29 is 15.1 Å². The molecule has 0 amide bonds. The van der Waals surface area contributed by atoms with Crippen LogP contribution in [0.15, 0.2) is 29.1 Å². The molecule has 1 aromatic carbocycles. The molecule has 2 aromatic rings. The minimum Gasteiger partial charge on any atom is -0.481 e. The molecule has 0 radical (unpaired) electrons. The second-order valence-corrected chi connectivity index (χ2v) is 6.22. The number of hydrogen-bond acceptors (Lipinski definition) is 3. The summed E-state index contributed by atoms with van der Waals surface area (Å²) in [6, 6.07) is 6.62. The third-order valence-electron chi connectivity index (χ3n) is 4.29. The van der Waals surface area contributed by atoms with Crippen LogP contribution in [0.2, 0.25) is 0 Å². The SMILES string of the molecule is CCCCCCCc1cc(=O)c2cc(CCC(=O)O)ccc2n1O. The molecular weight excluding hydrogens is 306 g/mol. The number of aryl methyl sites for hydroxylation is 2. The molecule has 5 heteroatoms. The zero-order valence-electron chi connectivity index (χ0n) is 14.1. The van der Waals surface area contributed by atoms with Crippen LogP contribution < -0.4 is 5.43 Å². The summed E-state index contributed by atoms with van der Waals surface area (Å²) in [5, 5.41) is 19.5. The maximum Gasteiger partial charge on any atom is 0.303 e. The molecule has 1 heterocycles. The maximum absolute atomic E-state index is 12.3. The van der Waals surface area contributed by atoms with Crippen LogP contribution in [0, 0.1) is 0 Å². The fourth-order valence-corrected chi connectivity index (χ4v) is 2.90. The van der Waals surface area contributed by atoms with Crippen molar-refractivity contribution in [1.82, 2.24) is 4.73 Å². The van der Waals surface area contributed by atoms with Crippen LogP contribution in [0.25, 0.3) is 10.9 Å². The molecule has 0 aliphatic carbocycles. The molecule has 0 aliphatic rings. The number of benzene rings is 1. The summed E-state index contributed by atoms with van der Waals surface area (Å²) in [6.07, 6.45) is 6.67. The number of carboxylic acids is 1. The number of aromatic nitrogens is 1. The molecular formula is C19H25NO4. The van der Waals surface area contributed by atoms with Gasteiger partial charge in [-0.25, -0.2) is 0 Å². The molecule has 24 heavy (non-hydrogen) atoms. The van der Waals surface area contributed by atoms with E-state index in [2.05, 4.69) is 6.92 Å². The number of nitrogens with zero attached hydrogens (tertiary/aromatic N) is 1. The molecule has 1 aromatic heterocycles. The lowest BCUT2D eigenvalue weighted by Gasteiger charge is -2.11. The first-order valence-corrected chi connectivity index (χ1v) is 8.61. The Morgan fingerprint density at radius 3 is 2.54 bits per heavy atom. The van der Waals surface area contributed by atoms with Gasteiger partial charge in [0, 0.05) is 17.9 Å². The van der Waals surface area contributed by atoms with E-state index in [1.807, 2.05) is 0 Å². The van der Waals surface area contributed by atoms with Crippen LogP contribution in [0.3, 0.4) is 0 Å². The van der Waals surface area contributed by atoms with Gasteiger partial charge in [0.15, 0.2) is 5.43 Å². The number of carboxylic acid groups (broad SMARTS) is 1. The third kappa shape index (κ3) is 4.60. The third-order valence-corrected chi connectivity index (χ3v) is 4.29. The maximum atomic E-state index is 12.3. The average Bonchev–Trinajstić information content (AvgIpc) is 2.57. The van der Waals surface area contributed by atoms with Crippen molar-refractivity contribution in [2.24, 2.45) is 0 Å².